The lowest BCUT2D eigenvalue weighted by Crippen LogP contribution is -2.37. The molecule has 0 radical (unpaired) electrons. The fraction of sp³-hybridized carbons (Fsp3) is 0.900. The van der Waals surface area contributed by atoms with Crippen molar-refractivity contribution >= 4 is 18.4 Å². The van der Waals surface area contributed by atoms with Gasteiger partial charge in [-0.3, -0.25) is 4.79 Å². The molecule has 0 spiro atoms. The highest BCUT2D eigenvalue weighted by Crippen LogP contribution is 2.25. The molecule has 1 fully saturated rings. The summed E-state index contributed by atoms with van der Waals surface area (Å²) in [6.45, 7) is 4.28. The third kappa shape index (κ3) is 3.84. The monoisotopic (exact) mass is 221 g/mol. The molecular weight excluding hydrogens is 202 g/mol. The first kappa shape index (κ1) is 13.7. The Bertz CT molecular complexity index is 176. The van der Waals surface area contributed by atoms with E-state index >= 15 is 0 Å². The number of ether oxygens (including phenoxy) is 1. The second-order valence-corrected chi connectivity index (χ2v) is 3.70. The van der Waals surface area contributed by atoms with Crippen molar-refractivity contribution in [2.75, 3.05) is 20.2 Å². The lowest BCUT2D eigenvalue weighted by molar-refractivity contribution is -0.142. The van der Waals surface area contributed by atoms with E-state index in [2.05, 4.69) is 17.0 Å². The molecule has 3 nitrogen and oxygen atoms in total. The van der Waals surface area contributed by atoms with Gasteiger partial charge in [0.2, 0.25) is 0 Å². The van der Waals surface area contributed by atoms with E-state index in [1.165, 1.54) is 7.11 Å². The van der Waals surface area contributed by atoms with Gasteiger partial charge in [0.15, 0.2) is 0 Å². The molecule has 1 aliphatic rings. The fourth-order valence-electron chi connectivity index (χ4n) is 2.02. The zero-order chi connectivity index (χ0) is 9.68. The molecule has 0 amide bonds. The predicted octanol–water partition coefficient (Wildman–Crippen LogP) is 1.61. The summed E-state index contributed by atoms with van der Waals surface area (Å²) in [6.07, 6.45) is 2.85. The Morgan fingerprint density at radius 1 is 1.50 bits per heavy atom. The van der Waals surface area contributed by atoms with Crippen LogP contribution >= 0.6 is 12.4 Å². The molecule has 14 heavy (non-hydrogen) atoms. The number of nitrogens with one attached hydrogen (secondary N) is 1. The van der Waals surface area contributed by atoms with E-state index in [1.54, 1.807) is 0 Å². The maximum absolute atomic E-state index is 11.1. The third-order valence-electron chi connectivity index (χ3n) is 2.95. The minimum Gasteiger partial charge on any atom is -0.469 e. The number of halogens is 1. The molecule has 1 N–H and O–H groups in total. The Morgan fingerprint density at radius 3 is 2.79 bits per heavy atom. The van der Waals surface area contributed by atoms with Crippen molar-refractivity contribution < 1.29 is 9.53 Å². The first-order valence-electron chi connectivity index (χ1n) is 5.05. The minimum atomic E-state index is -0.0645. The van der Waals surface area contributed by atoms with Crippen LogP contribution in [0, 0.1) is 11.8 Å². The van der Waals surface area contributed by atoms with Crippen molar-refractivity contribution in [1.29, 1.82) is 0 Å². The number of rotatable bonds is 3. The second-order valence-electron chi connectivity index (χ2n) is 3.70. The van der Waals surface area contributed by atoms with Crippen molar-refractivity contribution in [3.05, 3.63) is 0 Å². The van der Waals surface area contributed by atoms with Gasteiger partial charge in [0.25, 0.3) is 0 Å². The molecule has 0 bridgehead atoms. The van der Waals surface area contributed by atoms with E-state index in [-0.39, 0.29) is 18.4 Å². The average molecular weight is 222 g/mol. The molecule has 1 aliphatic heterocycles. The zero-order valence-corrected chi connectivity index (χ0v) is 9.73. The van der Waals surface area contributed by atoms with Gasteiger partial charge in [0.1, 0.15) is 0 Å². The molecule has 84 valence electrons. The lowest BCUT2D eigenvalue weighted by Gasteiger charge is -2.30. The van der Waals surface area contributed by atoms with Gasteiger partial charge in [-0.2, -0.15) is 0 Å². The van der Waals surface area contributed by atoms with Crippen LogP contribution in [0.2, 0.25) is 0 Å². The SMILES string of the molecule is CC[C@H]1CNCC[C@H]1CC(=O)OC.Cl. The van der Waals surface area contributed by atoms with Gasteiger partial charge in [-0.15, -0.1) is 12.4 Å². The molecule has 0 aromatic heterocycles. The van der Waals surface area contributed by atoms with Gasteiger partial charge in [-0.1, -0.05) is 13.3 Å². The summed E-state index contributed by atoms with van der Waals surface area (Å²) < 4.78 is 4.69. The van der Waals surface area contributed by atoms with Crippen LogP contribution in [0.4, 0.5) is 0 Å². The van der Waals surface area contributed by atoms with Crippen LogP contribution in [-0.2, 0) is 9.53 Å². The quantitative estimate of drug-likeness (QED) is 0.736. The molecule has 0 aliphatic carbocycles. The Kier molecular flexibility index (Phi) is 6.93. The van der Waals surface area contributed by atoms with Crippen LogP contribution in [0.15, 0.2) is 0 Å². The van der Waals surface area contributed by atoms with Gasteiger partial charge in [-0.25, -0.2) is 0 Å². The number of hydrogen-bond donors (Lipinski definition) is 1. The second kappa shape index (κ2) is 7.07. The van der Waals surface area contributed by atoms with Crippen LogP contribution < -0.4 is 5.32 Å². The van der Waals surface area contributed by atoms with E-state index < -0.39 is 0 Å². The van der Waals surface area contributed by atoms with Crippen LogP contribution in [0.25, 0.3) is 0 Å². The lowest BCUT2D eigenvalue weighted by atomic mass is 9.82. The predicted molar refractivity (Wildman–Crippen MR) is 58.6 cm³/mol. The van der Waals surface area contributed by atoms with Gasteiger partial charge in [-0.05, 0) is 31.3 Å². The molecule has 2 atom stereocenters. The zero-order valence-electron chi connectivity index (χ0n) is 8.91. The first-order valence-corrected chi connectivity index (χ1v) is 5.05. The van der Waals surface area contributed by atoms with Gasteiger partial charge in [0.05, 0.1) is 7.11 Å². The van der Waals surface area contributed by atoms with E-state index in [0.29, 0.717) is 18.3 Å². The summed E-state index contributed by atoms with van der Waals surface area (Å²) in [6, 6.07) is 0. The number of hydrogen-bond acceptors (Lipinski definition) is 3. The number of carbonyl (C=O) groups is 1. The molecule has 1 saturated heterocycles. The van der Waals surface area contributed by atoms with E-state index in [0.717, 1.165) is 25.9 Å². The summed E-state index contributed by atoms with van der Waals surface area (Å²) in [4.78, 5) is 11.1. The van der Waals surface area contributed by atoms with E-state index in [1.807, 2.05) is 0 Å². The van der Waals surface area contributed by atoms with E-state index in [9.17, 15) is 4.79 Å². The maximum atomic E-state index is 11.1. The summed E-state index contributed by atoms with van der Waals surface area (Å²) in [5.41, 5.74) is 0. The minimum absolute atomic E-state index is 0. The normalized spacial score (nSPS) is 26.4. The average Bonchev–Trinajstić information content (AvgIpc) is 2.18. The number of methoxy groups -OCH3 is 1. The summed E-state index contributed by atoms with van der Waals surface area (Å²) in [7, 11) is 1.46. The van der Waals surface area contributed by atoms with Crippen molar-refractivity contribution in [3.8, 4) is 0 Å². The summed E-state index contributed by atoms with van der Waals surface area (Å²) in [5.74, 6) is 1.11. The highest BCUT2D eigenvalue weighted by molar-refractivity contribution is 5.85. The Balaban J connectivity index is 0.00000169. The Labute approximate surface area is 92.0 Å². The highest BCUT2D eigenvalue weighted by atomic mass is 35.5. The van der Waals surface area contributed by atoms with Crippen molar-refractivity contribution in [2.45, 2.75) is 26.2 Å². The van der Waals surface area contributed by atoms with Crippen LogP contribution in [0.1, 0.15) is 26.2 Å². The largest absolute Gasteiger partial charge is 0.469 e. The number of carbonyl (C=O) groups excluding carboxylic acids is 1. The Hall–Kier alpha value is -0.280. The van der Waals surface area contributed by atoms with Gasteiger partial charge in [0, 0.05) is 6.42 Å². The Morgan fingerprint density at radius 2 is 2.21 bits per heavy atom. The van der Waals surface area contributed by atoms with Crippen molar-refractivity contribution in [1.82, 2.24) is 5.32 Å². The summed E-state index contributed by atoms with van der Waals surface area (Å²) in [5, 5.41) is 3.35. The first-order chi connectivity index (χ1) is 6.27. The molecule has 0 aromatic carbocycles. The molecule has 4 heteroatoms. The molecule has 1 rings (SSSR count). The van der Waals surface area contributed by atoms with Gasteiger partial charge >= 0.3 is 5.97 Å². The van der Waals surface area contributed by atoms with Crippen LogP contribution in [0.5, 0.6) is 0 Å². The molecule has 0 unspecified atom stereocenters. The third-order valence-corrected chi connectivity index (χ3v) is 2.95. The number of piperidine rings is 1. The molecule has 1 heterocycles. The highest BCUT2D eigenvalue weighted by Gasteiger charge is 2.25. The molecular formula is C10H20ClNO2. The van der Waals surface area contributed by atoms with E-state index in [4.69, 9.17) is 0 Å². The summed E-state index contributed by atoms with van der Waals surface area (Å²) >= 11 is 0. The van der Waals surface area contributed by atoms with Gasteiger partial charge < -0.3 is 10.1 Å². The topological polar surface area (TPSA) is 38.3 Å². The molecule has 0 saturated carbocycles. The standard InChI is InChI=1S/C10H19NO2.ClH/c1-3-8-7-11-5-4-9(8)6-10(12)13-2;/h8-9,11H,3-7H2,1-2H3;1H/t8-,9-;/m0./s1. The fourth-order valence-corrected chi connectivity index (χ4v) is 2.02. The van der Waals surface area contributed by atoms with Crippen LogP contribution in [0.3, 0.4) is 0 Å². The van der Waals surface area contributed by atoms with Crippen molar-refractivity contribution in [3.63, 3.8) is 0 Å². The molecule has 0 aromatic rings. The van der Waals surface area contributed by atoms with Crippen LogP contribution in [-0.4, -0.2) is 26.2 Å². The number of esters is 1. The smallest absolute Gasteiger partial charge is 0.305 e. The maximum Gasteiger partial charge on any atom is 0.305 e. The van der Waals surface area contributed by atoms with Crippen molar-refractivity contribution in [2.24, 2.45) is 11.8 Å².